The molecule has 0 bridgehead atoms. The van der Waals surface area contributed by atoms with Crippen LogP contribution in [0.2, 0.25) is 0 Å². The first-order valence-corrected chi connectivity index (χ1v) is 8.11. The molecular weight excluding hydrogens is 312 g/mol. The molecule has 0 aliphatic carbocycles. The maximum Gasteiger partial charge on any atom is 0.339 e. The highest BCUT2D eigenvalue weighted by molar-refractivity contribution is 5.91. The largest absolute Gasteiger partial charge is 0.496 e. The van der Waals surface area contributed by atoms with Crippen molar-refractivity contribution in [3.8, 4) is 5.75 Å². The summed E-state index contributed by atoms with van der Waals surface area (Å²) in [6.07, 6.45) is 1.18. The van der Waals surface area contributed by atoms with Gasteiger partial charge in [-0.15, -0.1) is 0 Å². The summed E-state index contributed by atoms with van der Waals surface area (Å²) in [5.41, 5.74) is 1.01. The van der Waals surface area contributed by atoms with Crippen LogP contribution >= 0.6 is 0 Å². The Labute approximate surface area is 142 Å². The first kappa shape index (κ1) is 20.0. The summed E-state index contributed by atoms with van der Waals surface area (Å²) < 4.78 is 15.7. The van der Waals surface area contributed by atoms with Gasteiger partial charge in [-0.2, -0.15) is 0 Å². The number of esters is 1. The van der Waals surface area contributed by atoms with Gasteiger partial charge in [0.2, 0.25) is 0 Å². The number of carbonyl (C=O) groups is 2. The maximum atomic E-state index is 11.9. The van der Waals surface area contributed by atoms with E-state index in [0.717, 1.165) is 5.56 Å². The van der Waals surface area contributed by atoms with Crippen LogP contribution in [-0.2, 0) is 20.7 Å². The van der Waals surface area contributed by atoms with E-state index in [2.05, 4.69) is 0 Å². The van der Waals surface area contributed by atoms with Crippen LogP contribution in [0, 0.1) is 0 Å². The first-order chi connectivity index (χ1) is 11.4. The van der Waals surface area contributed by atoms with E-state index in [1.54, 1.807) is 19.1 Å². The number of hydrogen-bond donors (Lipinski definition) is 1. The smallest absolute Gasteiger partial charge is 0.339 e. The molecule has 1 aromatic rings. The predicted molar refractivity (Wildman–Crippen MR) is 89.5 cm³/mol. The van der Waals surface area contributed by atoms with Crippen LogP contribution in [0.25, 0.3) is 0 Å². The Morgan fingerprint density at radius 3 is 2.50 bits per heavy atom. The molecular formula is C18H26O6. The topological polar surface area (TPSA) is 82.1 Å². The van der Waals surface area contributed by atoms with E-state index in [0.29, 0.717) is 31.6 Å². The molecule has 1 atom stereocenters. The average Bonchev–Trinajstić information content (AvgIpc) is 2.53. The van der Waals surface area contributed by atoms with Crippen molar-refractivity contribution in [1.29, 1.82) is 0 Å². The number of aryl methyl sites for hydroxylation is 1. The van der Waals surface area contributed by atoms with E-state index in [-0.39, 0.29) is 17.6 Å². The summed E-state index contributed by atoms with van der Waals surface area (Å²) in [7, 11) is 1.44. The first-order valence-electron chi connectivity index (χ1n) is 8.11. The number of benzene rings is 1. The Morgan fingerprint density at radius 1 is 1.25 bits per heavy atom. The molecule has 24 heavy (non-hydrogen) atoms. The van der Waals surface area contributed by atoms with Gasteiger partial charge in [0.05, 0.1) is 19.8 Å². The zero-order valence-corrected chi connectivity index (χ0v) is 14.7. The molecule has 6 nitrogen and oxygen atoms in total. The third-order valence-corrected chi connectivity index (χ3v) is 3.41. The lowest BCUT2D eigenvalue weighted by Crippen LogP contribution is -2.29. The number of carbonyl (C=O) groups excluding carboxylic acids is 1. The minimum atomic E-state index is -1.03. The standard InChI is InChI=1S/C18H26O6/c1-5-23-18(21)16(24-12(2)3)8-6-7-13-9-10-15(22-4)14(11-13)17(19)20/h9-12,16H,5-8H2,1-4H3,(H,19,20). The van der Waals surface area contributed by atoms with Crippen molar-refractivity contribution < 1.29 is 28.9 Å². The lowest BCUT2D eigenvalue weighted by Gasteiger charge is -2.19. The molecule has 0 aliphatic rings. The summed E-state index contributed by atoms with van der Waals surface area (Å²) in [6.45, 7) is 5.82. The highest BCUT2D eigenvalue weighted by Crippen LogP contribution is 2.21. The van der Waals surface area contributed by atoms with E-state index in [4.69, 9.17) is 14.2 Å². The summed E-state index contributed by atoms with van der Waals surface area (Å²) >= 11 is 0. The van der Waals surface area contributed by atoms with Crippen LogP contribution in [-0.4, -0.2) is 43.0 Å². The molecule has 0 heterocycles. The molecule has 0 aromatic heterocycles. The number of methoxy groups -OCH3 is 1. The molecule has 1 rings (SSSR count). The van der Waals surface area contributed by atoms with Gasteiger partial charge in [0.15, 0.2) is 6.10 Å². The molecule has 0 aliphatic heterocycles. The second-order valence-electron chi connectivity index (χ2n) is 5.66. The van der Waals surface area contributed by atoms with Gasteiger partial charge in [-0.1, -0.05) is 6.07 Å². The van der Waals surface area contributed by atoms with Gasteiger partial charge in [0, 0.05) is 0 Å². The average molecular weight is 338 g/mol. The molecule has 0 spiro atoms. The van der Waals surface area contributed by atoms with Gasteiger partial charge in [-0.25, -0.2) is 9.59 Å². The van der Waals surface area contributed by atoms with E-state index >= 15 is 0 Å². The number of carboxylic acid groups (broad SMARTS) is 1. The monoisotopic (exact) mass is 338 g/mol. The summed E-state index contributed by atoms with van der Waals surface area (Å²) in [4.78, 5) is 23.1. The van der Waals surface area contributed by atoms with Crippen molar-refractivity contribution >= 4 is 11.9 Å². The second-order valence-corrected chi connectivity index (χ2v) is 5.66. The molecule has 0 radical (unpaired) electrons. The normalized spacial score (nSPS) is 12.0. The van der Waals surface area contributed by atoms with Crippen LogP contribution < -0.4 is 4.74 Å². The van der Waals surface area contributed by atoms with Crippen molar-refractivity contribution in [2.75, 3.05) is 13.7 Å². The lowest BCUT2D eigenvalue weighted by atomic mass is 10.0. The Hall–Kier alpha value is -2.08. The van der Waals surface area contributed by atoms with Crippen LogP contribution in [0.5, 0.6) is 5.75 Å². The minimum absolute atomic E-state index is 0.0704. The molecule has 0 amide bonds. The molecule has 1 unspecified atom stereocenters. The van der Waals surface area contributed by atoms with Crippen molar-refractivity contribution in [3.63, 3.8) is 0 Å². The van der Waals surface area contributed by atoms with E-state index in [1.165, 1.54) is 7.11 Å². The molecule has 6 heteroatoms. The molecule has 0 saturated carbocycles. The number of aromatic carboxylic acids is 1. The van der Waals surface area contributed by atoms with Crippen molar-refractivity contribution in [2.45, 2.75) is 52.2 Å². The maximum absolute atomic E-state index is 11.9. The highest BCUT2D eigenvalue weighted by atomic mass is 16.6. The van der Waals surface area contributed by atoms with Crippen molar-refractivity contribution in [2.24, 2.45) is 0 Å². The van der Waals surface area contributed by atoms with Crippen molar-refractivity contribution in [3.05, 3.63) is 29.3 Å². The number of carboxylic acids is 1. The van der Waals surface area contributed by atoms with Gasteiger partial charge < -0.3 is 19.3 Å². The minimum Gasteiger partial charge on any atom is -0.496 e. The molecule has 134 valence electrons. The highest BCUT2D eigenvalue weighted by Gasteiger charge is 2.21. The van der Waals surface area contributed by atoms with E-state index in [9.17, 15) is 14.7 Å². The van der Waals surface area contributed by atoms with E-state index in [1.807, 2.05) is 19.9 Å². The number of ether oxygens (including phenoxy) is 3. The Bertz CT molecular complexity index is 552. The number of rotatable bonds is 10. The Morgan fingerprint density at radius 2 is 1.96 bits per heavy atom. The van der Waals surface area contributed by atoms with Gasteiger partial charge >= 0.3 is 11.9 Å². The zero-order chi connectivity index (χ0) is 18.1. The fourth-order valence-corrected chi connectivity index (χ4v) is 2.37. The van der Waals surface area contributed by atoms with Crippen LogP contribution in [0.1, 0.15) is 49.5 Å². The summed E-state index contributed by atoms with van der Waals surface area (Å²) in [5.74, 6) is -1.05. The summed E-state index contributed by atoms with van der Waals surface area (Å²) in [5, 5.41) is 9.20. The molecule has 0 fully saturated rings. The molecule has 1 N–H and O–H groups in total. The van der Waals surface area contributed by atoms with Gasteiger partial charge in [-0.05, 0) is 57.7 Å². The fourth-order valence-electron chi connectivity index (χ4n) is 2.37. The zero-order valence-electron chi connectivity index (χ0n) is 14.7. The Kier molecular flexibility index (Phi) is 8.26. The second kappa shape index (κ2) is 9.93. The van der Waals surface area contributed by atoms with Gasteiger partial charge in [-0.3, -0.25) is 0 Å². The van der Waals surface area contributed by atoms with Crippen molar-refractivity contribution in [1.82, 2.24) is 0 Å². The molecule has 1 aromatic carbocycles. The quantitative estimate of drug-likeness (QED) is 0.660. The van der Waals surface area contributed by atoms with E-state index < -0.39 is 12.1 Å². The van der Waals surface area contributed by atoms with Gasteiger partial charge in [0.25, 0.3) is 0 Å². The van der Waals surface area contributed by atoms with Gasteiger partial charge in [0.1, 0.15) is 11.3 Å². The van der Waals surface area contributed by atoms with Crippen LogP contribution in [0.3, 0.4) is 0 Å². The lowest BCUT2D eigenvalue weighted by molar-refractivity contribution is -0.160. The predicted octanol–water partition coefficient (Wildman–Crippen LogP) is 3.07. The molecule has 0 saturated heterocycles. The van der Waals surface area contributed by atoms with Crippen LogP contribution in [0.15, 0.2) is 18.2 Å². The summed E-state index contributed by atoms with van der Waals surface area (Å²) in [6, 6.07) is 5.07. The Balaban J connectivity index is 2.68. The fraction of sp³-hybridized carbons (Fsp3) is 0.556. The van der Waals surface area contributed by atoms with Crippen LogP contribution in [0.4, 0.5) is 0 Å². The SMILES string of the molecule is CCOC(=O)C(CCCc1ccc(OC)c(C(=O)O)c1)OC(C)C. The third-order valence-electron chi connectivity index (χ3n) is 3.41. The number of hydrogen-bond acceptors (Lipinski definition) is 5. The third kappa shape index (κ3) is 6.20.